The number of Topliss-reactive ketones (excluding diaryl/α,β-unsaturated/α-hetero) is 2. The maximum Gasteiger partial charge on any atom is 0.327 e. The second kappa shape index (κ2) is 61.7. The molecule has 0 radical (unpaired) electrons. The summed E-state index contributed by atoms with van der Waals surface area (Å²) in [6, 6.07) is 0. The number of unbranched alkanes of at least 4 members (excludes halogenated alkanes) is 1. The number of ketones is 2. The van der Waals surface area contributed by atoms with E-state index in [1.807, 2.05) is 118 Å². The fourth-order valence-electron chi connectivity index (χ4n) is 15.2. The highest BCUT2D eigenvalue weighted by Gasteiger charge is 2.48. The monoisotopic (exact) mass is 1710 g/mol. The van der Waals surface area contributed by atoms with E-state index in [-0.39, 0.29) is 71.7 Å². The summed E-state index contributed by atoms with van der Waals surface area (Å²) in [5, 5.41) is 98.7. The number of aliphatic hydroxyl groups excluding tert-OH is 7. The number of aliphatic carboxylic acids is 3. The fraction of sp³-hybridized carbons (Fsp3) is 0.660. The van der Waals surface area contributed by atoms with Gasteiger partial charge in [-0.3, -0.25) is 9.59 Å². The van der Waals surface area contributed by atoms with E-state index in [0.29, 0.717) is 87.9 Å². The number of carboxylic acid groups (broad SMARTS) is 3. The fourth-order valence-corrected chi connectivity index (χ4v) is 15.2. The average molecular weight is 1710 g/mol. The van der Waals surface area contributed by atoms with Gasteiger partial charge in [0.2, 0.25) is 0 Å². The third-order valence-corrected chi connectivity index (χ3v) is 24.5. The van der Waals surface area contributed by atoms with Crippen LogP contribution in [0.15, 0.2) is 179 Å². The first-order chi connectivity index (χ1) is 57.8. The van der Waals surface area contributed by atoms with E-state index < -0.39 is 66.1 Å². The van der Waals surface area contributed by atoms with Crippen LogP contribution in [0.3, 0.4) is 0 Å². The van der Waals surface area contributed by atoms with Gasteiger partial charge in [-0.25, -0.2) is 14.4 Å². The van der Waals surface area contributed by atoms with Crippen LogP contribution in [-0.2, 0) is 42.9 Å². The topological polar surface area (TPSA) is 325 Å². The molecule has 19 heteroatoms. The van der Waals surface area contributed by atoms with Crippen LogP contribution >= 0.6 is 0 Å². The Hall–Kier alpha value is -6.59. The number of hydrogen-bond donors (Lipinski definition) is 10. The highest BCUT2D eigenvalue weighted by molar-refractivity contribution is 5.81. The molecule has 122 heavy (non-hydrogen) atoms. The maximum absolute atomic E-state index is 11.7. The summed E-state index contributed by atoms with van der Waals surface area (Å²) in [4.78, 5) is 55.5. The summed E-state index contributed by atoms with van der Waals surface area (Å²) in [7, 11) is 0. The van der Waals surface area contributed by atoms with E-state index in [2.05, 4.69) is 71.1 Å². The van der Waals surface area contributed by atoms with Crippen molar-refractivity contribution in [1.82, 2.24) is 0 Å². The van der Waals surface area contributed by atoms with Crippen LogP contribution in [0.4, 0.5) is 0 Å². The summed E-state index contributed by atoms with van der Waals surface area (Å²) in [6.07, 6.45) is 61.8. The molecule has 0 aromatic carbocycles. The van der Waals surface area contributed by atoms with E-state index >= 15 is 0 Å². The van der Waals surface area contributed by atoms with E-state index in [0.717, 1.165) is 154 Å². The Morgan fingerprint density at radius 3 is 1.16 bits per heavy atom. The Bertz CT molecular complexity index is 3540. The van der Waals surface area contributed by atoms with Gasteiger partial charge in [0.05, 0.1) is 67.1 Å². The minimum absolute atomic E-state index is 0.00500. The molecule has 0 bridgehead atoms. The molecular formula is C103H164O19. The number of carbonyl (C=O) groups excluding carboxylic acids is 2. The number of carboxylic acids is 3. The predicted octanol–water partition coefficient (Wildman–Crippen LogP) is 21.3. The first-order valence-electron chi connectivity index (χ1n) is 46.1. The summed E-state index contributed by atoms with van der Waals surface area (Å²) in [6.45, 7) is 36.0. The van der Waals surface area contributed by atoms with Crippen molar-refractivity contribution in [2.45, 2.75) is 383 Å². The molecule has 0 amide bonds. The number of ether oxygens (including phenoxy) is 4. The van der Waals surface area contributed by atoms with E-state index in [9.17, 15) is 59.7 Å². The molecule has 0 aliphatic carbocycles. The van der Waals surface area contributed by atoms with Crippen molar-refractivity contribution < 1.29 is 94.0 Å². The molecule has 690 valence electrons. The maximum atomic E-state index is 11.7. The molecule has 0 aromatic rings. The normalized spacial score (nSPS) is 26.3. The molecule has 22 atom stereocenters. The quantitative estimate of drug-likeness (QED) is 0.0200. The zero-order valence-corrected chi connectivity index (χ0v) is 77.8. The minimum atomic E-state index is -1.05. The molecule has 4 heterocycles. The van der Waals surface area contributed by atoms with E-state index in [4.69, 9.17) is 34.3 Å². The molecule has 4 fully saturated rings. The van der Waals surface area contributed by atoms with Gasteiger partial charge in [0, 0.05) is 87.3 Å². The lowest BCUT2D eigenvalue weighted by Gasteiger charge is -2.49. The Balaban J connectivity index is 0.000000620. The molecule has 2 spiro atoms. The third kappa shape index (κ3) is 47.1. The van der Waals surface area contributed by atoms with Gasteiger partial charge in [0.1, 0.15) is 11.6 Å². The lowest BCUT2D eigenvalue weighted by Crippen LogP contribution is -2.52. The summed E-state index contributed by atoms with van der Waals surface area (Å²) in [5.74, 6) is -2.79. The van der Waals surface area contributed by atoms with Crippen molar-refractivity contribution in [3.8, 4) is 0 Å². The molecule has 19 nitrogen and oxygen atoms in total. The summed E-state index contributed by atoms with van der Waals surface area (Å²) < 4.78 is 27.2. The van der Waals surface area contributed by atoms with Gasteiger partial charge in [0.15, 0.2) is 11.6 Å². The second-order valence-electron chi connectivity index (χ2n) is 35.4. The van der Waals surface area contributed by atoms with Crippen molar-refractivity contribution in [2.75, 3.05) is 0 Å². The Kier molecular flexibility index (Phi) is 56.4. The molecular weight excluding hydrogens is 1540 g/mol. The Morgan fingerprint density at radius 1 is 0.393 bits per heavy atom. The van der Waals surface area contributed by atoms with Gasteiger partial charge in [-0.1, -0.05) is 270 Å². The van der Waals surface area contributed by atoms with Gasteiger partial charge in [-0.15, -0.1) is 0 Å². The summed E-state index contributed by atoms with van der Waals surface area (Å²) >= 11 is 0. The first kappa shape index (κ1) is 111. The predicted molar refractivity (Wildman–Crippen MR) is 493 cm³/mol. The van der Waals surface area contributed by atoms with Gasteiger partial charge in [0.25, 0.3) is 0 Å². The summed E-state index contributed by atoms with van der Waals surface area (Å²) in [5.41, 5.74) is 6.14. The minimum Gasteiger partial charge on any atom is -0.478 e. The SMILES string of the molecule is CCCC(CCC(O)CCC(C)C(O)C/C=C(C)/C=C/C(O)C(C)/C=C/C(=O)O)C(O)/C=C/C(C)=C/CC(O)CC.CCCC1CC[C@@]2(CCC(C)C(C/C=C(C)/C=C/C(O)C(C)/C=C/C(=O)O)O2)OC1/C=C/C(C)=C/CC(=O)CC.CCCCC1CC[C@]2(CCC(C)C(C/C=C(C)/C=C/C(O)C(C)/C=C/C(=O)O)O2)OC1/C=C/C(C)=C/CC(=O)CC. The molecule has 4 aliphatic heterocycles. The van der Waals surface area contributed by atoms with Crippen molar-refractivity contribution in [3.05, 3.63) is 179 Å². The molecule has 4 aliphatic rings. The van der Waals surface area contributed by atoms with Crippen LogP contribution in [0.25, 0.3) is 0 Å². The first-order valence-corrected chi connectivity index (χ1v) is 46.1. The Labute approximate surface area is 735 Å². The largest absolute Gasteiger partial charge is 0.478 e. The molecule has 4 saturated heterocycles. The molecule has 4 rings (SSSR count). The van der Waals surface area contributed by atoms with Crippen molar-refractivity contribution in [3.63, 3.8) is 0 Å². The zero-order chi connectivity index (χ0) is 91.5. The molecule has 0 saturated carbocycles. The van der Waals surface area contributed by atoms with Crippen molar-refractivity contribution in [2.24, 2.45) is 53.3 Å². The molecule has 0 aromatic heterocycles. The number of carbonyl (C=O) groups is 5. The van der Waals surface area contributed by atoms with Gasteiger partial charge in [-0.2, -0.15) is 0 Å². The van der Waals surface area contributed by atoms with Crippen LogP contribution in [0.1, 0.15) is 304 Å². The molecule has 10 N–H and O–H groups in total. The number of hydrogen-bond acceptors (Lipinski definition) is 16. The third-order valence-electron chi connectivity index (χ3n) is 24.5. The lowest BCUT2D eigenvalue weighted by molar-refractivity contribution is -0.324. The van der Waals surface area contributed by atoms with Crippen LogP contribution in [0, 0.1) is 53.3 Å². The number of aliphatic hydroxyl groups is 7. The van der Waals surface area contributed by atoms with Crippen molar-refractivity contribution in [1.29, 1.82) is 0 Å². The van der Waals surface area contributed by atoms with Gasteiger partial charge < -0.3 is 70.0 Å². The van der Waals surface area contributed by atoms with E-state index in [1.54, 1.807) is 45.1 Å². The van der Waals surface area contributed by atoms with Crippen LogP contribution in [0.2, 0.25) is 0 Å². The van der Waals surface area contributed by atoms with Gasteiger partial charge >= 0.3 is 17.9 Å². The smallest absolute Gasteiger partial charge is 0.327 e. The molecule has 20 unspecified atom stereocenters. The van der Waals surface area contributed by atoms with Crippen LogP contribution in [0.5, 0.6) is 0 Å². The second-order valence-corrected chi connectivity index (χ2v) is 35.4. The van der Waals surface area contributed by atoms with E-state index in [1.165, 1.54) is 31.1 Å². The number of allylic oxidation sites excluding steroid dienone is 14. The van der Waals surface area contributed by atoms with Crippen molar-refractivity contribution >= 4 is 29.5 Å². The lowest BCUT2D eigenvalue weighted by atomic mass is 9.81. The Morgan fingerprint density at radius 2 is 0.770 bits per heavy atom. The number of rotatable bonds is 51. The highest BCUT2D eigenvalue weighted by Crippen LogP contribution is 2.47. The zero-order valence-electron chi connectivity index (χ0n) is 77.8. The van der Waals surface area contributed by atoms with Crippen LogP contribution in [-0.4, -0.2) is 159 Å². The standard InChI is InChI=1S/C35H54O6.C34H58O7.C34H52O6/c1-7-9-10-29-22-24-35(41-33(29)19-14-25(3)11-16-30(36)8-2)23-21-28(6)32(40-35)18-13-26(4)12-17-31(37)27(5)15-20-34(38)39;1-7-9-28(33(39)22-13-24(3)10-17-29(35)8-2)16-19-30(36)18-14-26(5)31(37)20-11-25(4)12-21-32(38)27(6)15-23-34(40)41;1-7-9-28-21-23-34(40-32(28)18-13-24(3)10-15-29(35)8-2)22-20-27(6)31(39-34)17-12-25(4)11-16-30(36)26(5)14-19-33(37)38/h11-15,17,19-20,27-29,31-33,37H,7-10,16,18,21-24H2,1-6H3,(H,38,39);10-13,15,21-23,26-33,35-39H,7-9,14,16-20H2,1-6H3,(H,40,41);10-14,16,18-19,26-28,30-32,36H,7-9,15,17,20-23H2,1-6H3,(H,37,38)/b17-12+,19-14+,20-15+,25-11+,26-13+;21-12+,22-13+,23-15+,24-10+,25-11+;16-11+,18-13+,19-14+,24-10+,25-12+/t27?,28?,29?,31?,32?,33?,35-;;26?,27?,28?,30?,31?,32?,34-/m0.1/s1. The highest BCUT2D eigenvalue weighted by atomic mass is 16.7. The van der Waals surface area contributed by atoms with Gasteiger partial charge in [-0.05, 0) is 180 Å². The van der Waals surface area contributed by atoms with Crippen LogP contribution < -0.4 is 0 Å². The average Bonchev–Trinajstić information content (AvgIpc) is 0.786.